The molecule has 1 heterocycles. The summed E-state index contributed by atoms with van der Waals surface area (Å²) in [7, 11) is 0. The third-order valence-corrected chi connectivity index (χ3v) is 3.10. The molecule has 1 atom stereocenters. The van der Waals surface area contributed by atoms with Crippen LogP contribution in [0.25, 0.3) is 0 Å². The van der Waals surface area contributed by atoms with Gasteiger partial charge in [-0.15, -0.1) is 0 Å². The van der Waals surface area contributed by atoms with E-state index in [-0.39, 0.29) is 11.5 Å². The highest BCUT2D eigenvalue weighted by atomic mass is 16.5. The van der Waals surface area contributed by atoms with Crippen LogP contribution in [0.5, 0.6) is 5.75 Å². The molecule has 0 bridgehead atoms. The van der Waals surface area contributed by atoms with E-state index < -0.39 is 0 Å². The summed E-state index contributed by atoms with van der Waals surface area (Å²) in [6.45, 7) is 9.37. The van der Waals surface area contributed by atoms with E-state index in [1.807, 2.05) is 6.20 Å². The fourth-order valence-electron chi connectivity index (χ4n) is 1.65. The van der Waals surface area contributed by atoms with E-state index in [0.717, 1.165) is 31.6 Å². The molecule has 0 aliphatic rings. The van der Waals surface area contributed by atoms with Crippen LogP contribution in [-0.2, 0) is 6.42 Å². The van der Waals surface area contributed by atoms with Crippen LogP contribution in [0.3, 0.4) is 0 Å². The average Bonchev–Trinajstić information content (AvgIpc) is 2.32. The molecule has 2 N–H and O–H groups in total. The average molecular weight is 250 g/mol. The molecule has 0 aliphatic heterocycles. The second-order valence-electron chi connectivity index (χ2n) is 5.89. The lowest BCUT2D eigenvalue weighted by molar-refractivity contribution is 0.304. The van der Waals surface area contributed by atoms with E-state index in [0.29, 0.717) is 0 Å². The molecule has 0 fully saturated rings. The van der Waals surface area contributed by atoms with Gasteiger partial charge in [-0.3, -0.25) is 4.98 Å². The molecule has 102 valence electrons. The monoisotopic (exact) mass is 250 g/mol. The molecule has 0 aromatic carbocycles. The maximum absolute atomic E-state index is 6.17. The minimum absolute atomic E-state index is 0.156. The van der Waals surface area contributed by atoms with Gasteiger partial charge in [-0.25, -0.2) is 0 Å². The van der Waals surface area contributed by atoms with Crippen LogP contribution < -0.4 is 10.5 Å². The molecule has 0 saturated heterocycles. The molecule has 0 saturated carbocycles. The SMILES string of the molecule is CCCOc1cncc(CCC(N)C(C)(C)C)c1. The smallest absolute Gasteiger partial charge is 0.137 e. The van der Waals surface area contributed by atoms with Crippen molar-refractivity contribution in [3.63, 3.8) is 0 Å². The zero-order valence-electron chi connectivity index (χ0n) is 12.1. The van der Waals surface area contributed by atoms with Crippen molar-refractivity contribution in [3.8, 4) is 5.75 Å². The predicted molar refractivity (Wildman–Crippen MR) is 75.8 cm³/mol. The minimum atomic E-state index is 0.156. The zero-order chi connectivity index (χ0) is 13.6. The second kappa shape index (κ2) is 6.74. The predicted octanol–water partition coefficient (Wildman–Crippen LogP) is 3.18. The van der Waals surface area contributed by atoms with Crippen LogP contribution in [-0.4, -0.2) is 17.6 Å². The molecule has 1 aromatic heterocycles. The molecule has 3 heteroatoms. The first-order chi connectivity index (χ1) is 8.43. The Labute approximate surface area is 111 Å². The topological polar surface area (TPSA) is 48.1 Å². The number of pyridine rings is 1. The molecule has 1 unspecified atom stereocenters. The Morgan fingerprint density at radius 2 is 2.06 bits per heavy atom. The Balaban J connectivity index is 2.52. The highest BCUT2D eigenvalue weighted by molar-refractivity contribution is 5.23. The van der Waals surface area contributed by atoms with Gasteiger partial charge in [0.15, 0.2) is 0 Å². The van der Waals surface area contributed by atoms with Crippen molar-refractivity contribution in [2.24, 2.45) is 11.1 Å². The number of aryl methyl sites for hydroxylation is 1. The normalized spacial score (nSPS) is 13.4. The highest BCUT2D eigenvalue weighted by Gasteiger charge is 2.20. The molecular weight excluding hydrogens is 224 g/mol. The van der Waals surface area contributed by atoms with Gasteiger partial charge in [0.1, 0.15) is 5.75 Å². The quantitative estimate of drug-likeness (QED) is 0.843. The number of hydrogen-bond donors (Lipinski definition) is 1. The molecule has 0 amide bonds. The van der Waals surface area contributed by atoms with Crippen molar-refractivity contribution in [1.29, 1.82) is 0 Å². The van der Waals surface area contributed by atoms with Gasteiger partial charge in [0, 0.05) is 12.2 Å². The second-order valence-corrected chi connectivity index (χ2v) is 5.89. The number of nitrogens with zero attached hydrogens (tertiary/aromatic N) is 1. The van der Waals surface area contributed by atoms with Gasteiger partial charge in [-0.05, 0) is 36.3 Å². The maximum atomic E-state index is 6.17. The summed E-state index contributed by atoms with van der Waals surface area (Å²) in [6.07, 6.45) is 6.60. The van der Waals surface area contributed by atoms with E-state index >= 15 is 0 Å². The summed E-state index contributed by atoms with van der Waals surface area (Å²) < 4.78 is 5.58. The highest BCUT2D eigenvalue weighted by Crippen LogP contribution is 2.22. The summed E-state index contributed by atoms with van der Waals surface area (Å²) >= 11 is 0. The number of nitrogens with two attached hydrogens (primary N) is 1. The van der Waals surface area contributed by atoms with Crippen molar-refractivity contribution >= 4 is 0 Å². The third-order valence-electron chi connectivity index (χ3n) is 3.10. The van der Waals surface area contributed by atoms with E-state index in [1.54, 1.807) is 6.20 Å². The van der Waals surface area contributed by atoms with Gasteiger partial charge >= 0.3 is 0 Å². The van der Waals surface area contributed by atoms with Crippen LogP contribution in [0.15, 0.2) is 18.5 Å². The summed E-state index contributed by atoms with van der Waals surface area (Å²) in [6, 6.07) is 2.27. The fraction of sp³-hybridized carbons (Fsp3) is 0.667. The molecule has 0 radical (unpaired) electrons. The van der Waals surface area contributed by atoms with E-state index in [1.165, 1.54) is 5.56 Å². The molecule has 1 aromatic rings. The summed E-state index contributed by atoms with van der Waals surface area (Å²) in [5.74, 6) is 0.860. The van der Waals surface area contributed by atoms with Crippen LogP contribution in [0.2, 0.25) is 0 Å². The van der Waals surface area contributed by atoms with Crippen LogP contribution >= 0.6 is 0 Å². The van der Waals surface area contributed by atoms with Crippen molar-refractivity contribution in [2.75, 3.05) is 6.61 Å². The Hall–Kier alpha value is -1.09. The van der Waals surface area contributed by atoms with Crippen molar-refractivity contribution in [1.82, 2.24) is 4.98 Å². The van der Waals surface area contributed by atoms with Gasteiger partial charge in [0.2, 0.25) is 0 Å². The van der Waals surface area contributed by atoms with E-state index in [4.69, 9.17) is 10.5 Å². The van der Waals surface area contributed by atoms with Crippen molar-refractivity contribution < 1.29 is 4.74 Å². The Bertz CT molecular complexity index is 358. The summed E-state index contributed by atoms with van der Waals surface area (Å²) in [4.78, 5) is 4.21. The lowest BCUT2D eigenvalue weighted by Crippen LogP contribution is -2.35. The zero-order valence-corrected chi connectivity index (χ0v) is 12.1. The third kappa shape index (κ3) is 5.05. The maximum Gasteiger partial charge on any atom is 0.137 e. The Morgan fingerprint density at radius 1 is 1.33 bits per heavy atom. The fourth-order valence-corrected chi connectivity index (χ4v) is 1.65. The number of hydrogen-bond acceptors (Lipinski definition) is 3. The lowest BCUT2D eigenvalue weighted by atomic mass is 9.84. The number of rotatable bonds is 6. The molecule has 18 heavy (non-hydrogen) atoms. The number of ether oxygens (including phenoxy) is 1. The standard InChI is InChI=1S/C15H26N2O/c1-5-8-18-13-9-12(10-17-11-13)6-7-14(16)15(2,3)4/h9-11,14H,5-8,16H2,1-4H3. The molecule has 3 nitrogen and oxygen atoms in total. The van der Waals surface area contributed by atoms with Gasteiger partial charge in [-0.1, -0.05) is 27.7 Å². The van der Waals surface area contributed by atoms with Gasteiger partial charge in [0.25, 0.3) is 0 Å². The van der Waals surface area contributed by atoms with Crippen LogP contribution in [0.4, 0.5) is 0 Å². The minimum Gasteiger partial charge on any atom is -0.492 e. The van der Waals surface area contributed by atoms with Gasteiger partial charge < -0.3 is 10.5 Å². The Kier molecular flexibility index (Phi) is 5.60. The first kappa shape index (κ1) is 15.0. The lowest BCUT2D eigenvalue weighted by Gasteiger charge is -2.26. The Morgan fingerprint density at radius 3 is 2.67 bits per heavy atom. The first-order valence-corrected chi connectivity index (χ1v) is 6.75. The van der Waals surface area contributed by atoms with Crippen LogP contribution in [0, 0.1) is 5.41 Å². The van der Waals surface area contributed by atoms with E-state index in [9.17, 15) is 0 Å². The van der Waals surface area contributed by atoms with Crippen molar-refractivity contribution in [3.05, 3.63) is 24.0 Å². The number of aromatic nitrogens is 1. The van der Waals surface area contributed by atoms with Crippen molar-refractivity contribution in [2.45, 2.75) is 53.0 Å². The van der Waals surface area contributed by atoms with Gasteiger partial charge in [-0.2, -0.15) is 0 Å². The molecule has 0 spiro atoms. The molecular formula is C15H26N2O. The summed E-state index contributed by atoms with van der Waals surface area (Å²) in [5, 5.41) is 0. The summed E-state index contributed by atoms with van der Waals surface area (Å²) in [5.41, 5.74) is 7.52. The molecule has 1 rings (SSSR count). The first-order valence-electron chi connectivity index (χ1n) is 6.75. The van der Waals surface area contributed by atoms with Gasteiger partial charge in [0.05, 0.1) is 12.8 Å². The molecule has 0 aliphatic carbocycles. The van der Waals surface area contributed by atoms with E-state index in [2.05, 4.69) is 38.7 Å². The largest absolute Gasteiger partial charge is 0.492 e. The van der Waals surface area contributed by atoms with Crippen LogP contribution in [0.1, 0.15) is 46.1 Å².